The highest BCUT2D eigenvalue weighted by molar-refractivity contribution is 9.09. The highest BCUT2D eigenvalue weighted by Crippen LogP contribution is 2.13. The van der Waals surface area contributed by atoms with Crippen molar-refractivity contribution in [3.63, 3.8) is 0 Å². The van der Waals surface area contributed by atoms with E-state index in [1.807, 2.05) is 0 Å². The largest absolute Gasteiger partial charge is 0.383 e. The monoisotopic (exact) mass is 317 g/mol. The number of nitrogens with zero attached hydrogens (tertiary/aromatic N) is 1. The van der Waals surface area contributed by atoms with Crippen LogP contribution in [0.25, 0.3) is 0 Å². The van der Waals surface area contributed by atoms with Crippen molar-refractivity contribution in [2.24, 2.45) is 0 Å². The predicted octanol–water partition coefficient (Wildman–Crippen LogP) is 2.62. The van der Waals surface area contributed by atoms with E-state index in [4.69, 9.17) is 4.74 Å². The second kappa shape index (κ2) is 6.85. The number of halogens is 2. The van der Waals surface area contributed by atoms with Crippen LogP contribution in [0.4, 0.5) is 4.39 Å². The number of hydrogen-bond acceptors (Lipinski definition) is 2. The molecule has 18 heavy (non-hydrogen) atoms. The maximum Gasteiger partial charge on any atom is 0.253 e. The third-order valence-corrected chi connectivity index (χ3v) is 3.14. The molecule has 5 heteroatoms. The number of ether oxygens (including phenoxy) is 1. The lowest BCUT2D eigenvalue weighted by molar-refractivity contribution is 0.0783. The predicted molar refractivity (Wildman–Crippen MR) is 72.7 cm³/mol. The molecule has 1 atom stereocenters. The van der Waals surface area contributed by atoms with Crippen LogP contribution in [-0.4, -0.2) is 42.9 Å². The van der Waals surface area contributed by atoms with Gasteiger partial charge in [0, 0.05) is 26.3 Å². The van der Waals surface area contributed by atoms with Gasteiger partial charge in [0.1, 0.15) is 5.82 Å². The molecule has 0 bridgehead atoms. The summed E-state index contributed by atoms with van der Waals surface area (Å²) in [4.78, 5) is 13.8. The first kappa shape index (κ1) is 15.1. The molecular formula is C13H17BrFNO2. The van der Waals surface area contributed by atoms with Gasteiger partial charge >= 0.3 is 0 Å². The number of alkyl halides is 1. The maximum absolute atomic E-state index is 13.0. The molecule has 0 saturated heterocycles. The van der Waals surface area contributed by atoms with Crippen LogP contribution in [0.3, 0.4) is 0 Å². The first-order valence-electron chi connectivity index (χ1n) is 5.60. The van der Waals surface area contributed by atoms with E-state index in [1.54, 1.807) is 26.0 Å². The average Bonchev–Trinajstić information content (AvgIpc) is 2.28. The van der Waals surface area contributed by atoms with Crippen LogP contribution in [0.15, 0.2) is 18.2 Å². The van der Waals surface area contributed by atoms with Crippen molar-refractivity contribution in [2.75, 3.05) is 27.3 Å². The Bertz CT molecular complexity index is 425. The summed E-state index contributed by atoms with van der Waals surface area (Å²) in [6.45, 7) is 2.79. The molecule has 1 rings (SSSR count). The lowest BCUT2D eigenvalue weighted by Crippen LogP contribution is -2.34. The number of amides is 1. The fourth-order valence-corrected chi connectivity index (χ4v) is 2.38. The summed E-state index contributed by atoms with van der Waals surface area (Å²) in [6.07, 6.45) is 0. The number of rotatable bonds is 5. The van der Waals surface area contributed by atoms with Gasteiger partial charge in [-0.15, -0.1) is 0 Å². The van der Waals surface area contributed by atoms with Crippen molar-refractivity contribution >= 4 is 21.8 Å². The van der Waals surface area contributed by atoms with E-state index in [0.29, 0.717) is 24.3 Å². The van der Waals surface area contributed by atoms with Gasteiger partial charge in [0.15, 0.2) is 0 Å². The minimum atomic E-state index is -0.329. The highest BCUT2D eigenvalue weighted by atomic mass is 79.9. The van der Waals surface area contributed by atoms with Gasteiger partial charge < -0.3 is 9.64 Å². The van der Waals surface area contributed by atoms with E-state index < -0.39 is 0 Å². The van der Waals surface area contributed by atoms with Crippen molar-refractivity contribution in [2.45, 2.75) is 11.8 Å². The number of hydrogen-bond donors (Lipinski definition) is 0. The average molecular weight is 318 g/mol. The van der Waals surface area contributed by atoms with Gasteiger partial charge in [-0.2, -0.15) is 0 Å². The Morgan fingerprint density at radius 2 is 2.22 bits per heavy atom. The topological polar surface area (TPSA) is 29.5 Å². The molecule has 3 nitrogen and oxygen atoms in total. The standard InChI is InChI=1S/C13H17BrFNO2/c1-9-6-11(15)4-5-12(9)13(17)16(2)7-10(14)8-18-3/h4-6,10H,7-8H2,1-3H3. The number of carbonyl (C=O) groups excluding carboxylic acids is 1. The Morgan fingerprint density at radius 3 is 2.78 bits per heavy atom. The lowest BCUT2D eigenvalue weighted by atomic mass is 10.1. The number of carbonyl (C=O) groups is 1. The summed E-state index contributed by atoms with van der Waals surface area (Å²) in [7, 11) is 3.33. The molecule has 0 aliphatic carbocycles. The van der Waals surface area contributed by atoms with Crippen LogP contribution >= 0.6 is 15.9 Å². The number of methoxy groups -OCH3 is 1. The zero-order valence-electron chi connectivity index (χ0n) is 10.7. The Kier molecular flexibility index (Phi) is 5.75. The third kappa shape index (κ3) is 4.07. The van der Waals surface area contributed by atoms with E-state index in [1.165, 1.54) is 18.2 Å². The van der Waals surface area contributed by atoms with Crippen LogP contribution in [0.5, 0.6) is 0 Å². The molecule has 1 amide bonds. The van der Waals surface area contributed by atoms with E-state index in [9.17, 15) is 9.18 Å². The fourth-order valence-electron chi connectivity index (χ4n) is 1.69. The molecule has 0 saturated carbocycles. The van der Waals surface area contributed by atoms with Gasteiger partial charge in [-0.05, 0) is 30.7 Å². The lowest BCUT2D eigenvalue weighted by Gasteiger charge is -2.21. The summed E-state index contributed by atoms with van der Waals surface area (Å²) in [5.74, 6) is -0.447. The molecule has 0 N–H and O–H groups in total. The highest BCUT2D eigenvalue weighted by Gasteiger charge is 2.17. The fraction of sp³-hybridized carbons (Fsp3) is 0.462. The second-order valence-corrected chi connectivity index (χ2v) is 5.49. The summed E-state index contributed by atoms with van der Waals surface area (Å²) in [5.41, 5.74) is 1.17. The van der Waals surface area contributed by atoms with Crippen molar-refractivity contribution in [1.29, 1.82) is 0 Å². The minimum Gasteiger partial charge on any atom is -0.383 e. The molecular weight excluding hydrogens is 301 g/mol. The maximum atomic E-state index is 13.0. The van der Waals surface area contributed by atoms with Crippen LogP contribution in [0.2, 0.25) is 0 Å². The van der Waals surface area contributed by atoms with Gasteiger partial charge in [-0.3, -0.25) is 4.79 Å². The Labute approximate surface area is 115 Å². The molecule has 0 aliphatic rings. The van der Waals surface area contributed by atoms with Crippen LogP contribution in [-0.2, 0) is 4.74 Å². The summed E-state index contributed by atoms with van der Waals surface area (Å²) >= 11 is 3.43. The van der Waals surface area contributed by atoms with Gasteiger partial charge in [-0.1, -0.05) is 15.9 Å². The van der Waals surface area contributed by atoms with Crippen LogP contribution in [0, 0.1) is 12.7 Å². The molecule has 1 aromatic rings. The summed E-state index contributed by atoms with van der Waals surface area (Å²) in [6, 6.07) is 4.18. The Balaban J connectivity index is 2.74. The van der Waals surface area contributed by atoms with Gasteiger partial charge in [0.25, 0.3) is 5.91 Å². The van der Waals surface area contributed by atoms with Crippen molar-refractivity contribution in [3.05, 3.63) is 35.1 Å². The smallest absolute Gasteiger partial charge is 0.253 e. The van der Waals surface area contributed by atoms with Crippen molar-refractivity contribution in [3.8, 4) is 0 Å². The van der Waals surface area contributed by atoms with Gasteiger partial charge in [0.2, 0.25) is 0 Å². The molecule has 100 valence electrons. The zero-order chi connectivity index (χ0) is 13.7. The van der Waals surface area contributed by atoms with E-state index in [-0.39, 0.29) is 16.6 Å². The van der Waals surface area contributed by atoms with E-state index in [0.717, 1.165) is 0 Å². The summed E-state index contributed by atoms with van der Waals surface area (Å²) in [5, 5.41) is 0. The van der Waals surface area contributed by atoms with Crippen LogP contribution < -0.4 is 0 Å². The molecule has 0 radical (unpaired) electrons. The molecule has 1 aromatic carbocycles. The Morgan fingerprint density at radius 1 is 1.56 bits per heavy atom. The van der Waals surface area contributed by atoms with Crippen molar-refractivity contribution in [1.82, 2.24) is 4.90 Å². The Hall–Kier alpha value is -0.940. The molecule has 0 heterocycles. The van der Waals surface area contributed by atoms with Gasteiger partial charge in [0.05, 0.1) is 11.4 Å². The normalized spacial score (nSPS) is 12.3. The quantitative estimate of drug-likeness (QED) is 0.781. The molecule has 1 unspecified atom stereocenters. The minimum absolute atomic E-state index is 0.0807. The zero-order valence-corrected chi connectivity index (χ0v) is 12.3. The molecule has 0 spiro atoms. The SMILES string of the molecule is COCC(Br)CN(C)C(=O)c1ccc(F)cc1C. The first-order chi connectivity index (χ1) is 8.45. The van der Waals surface area contributed by atoms with Crippen molar-refractivity contribution < 1.29 is 13.9 Å². The van der Waals surface area contributed by atoms with E-state index in [2.05, 4.69) is 15.9 Å². The molecule has 0 fully saturated rings. The number of benzene rings is 1. The van der Waals surface area contributed by atoms with Gasteiger partial charge in [-0.25, -0.2) is 4.39 Å². The number of aryl methyl sites for hydroxylation is 1. The molecule has 0 aromatic heterocycles. The first-order valence-corrected chi connectivity index (χ1v) is 6.52. The molecule has 0 aliphatic heterocycles. The summed E-state index contributed by atoms with van der Waals surface area (Å²) < 4.78 is 18.0. The van der Waals surface area contributed by atoms with Crippen LogP contribution in [0.1, 0.15) is 15.9 Å². The van der Waals surface area contributed by atoms with E-state index >= 15 is 0 Å². The third-order valence-electron chi connectivity index (χ3n) is 2.59. The second-order valence-electron chi connectivity index (χ2n) is 4.20.